The lowest BCUT2D eigenvalue weighted by Crippen LogP contribution is -2.14. The number of benzene rings is 1. The van der Waals surface area contributed by atoms with Crippen molar-refractivity contribution < 1.29 is 4.79 Å². The summed E-state index contributed by atoms with van der Waals surface area (Å²) in [5, 5.41) is 0. The van der Waals surface area contributed by atoms with Crippen LogP contribution >= 0.6 is 0 Å². The van der Waals surface area contributed by atoms with E-state index in [4.69, 9.17) is 0 Å². The average molecular weight is 244 g/mol. The van der Waals surface area contributed by atoms with Crippen molar-refractivity contribution in [3.8, 4) is 0 Å². The van der Waals surface area contributed by atoms with Crippen molar-refractivity contribution in [1.82, 2.24) is 0 Å². The van der Waals surface area contributed by atoms with E-state index in [-0.39, 0.29) is 5.41 Å². The summed E-state index contributed by atoms with van der Waals surface area (Å²) in [5.41, 5.74) is 3.69. The number of carbonyl (C=O) groups is 1. The Kier molecular flexibility index (Phi) is 3.61. The van der Waals surface area contributed by atoms with Gasteiger partial charge in [-0.05, 0) is 47.8 Å². The Hall–Kier alpha value is -1.11. The first kappa shape index (κ1) is 13.3. The lowest BCUT2D eigenvalue weighted by atomic mass is 9.84. The monoisotopic (exact) mass is 244 g/mol. The predicted octanol–water partition coefficient (Wildman–Crippen LogP) is 4.75. The second kappa shape index (κ2) is 4.87. The molecule has 18 heavy (non-hydrogen) atoms. The topological polar surface area (TPSA) is 17.1 Å². The number of hydrogen-bond donors (Lipinski definition) is 0. The Balaban J connectivity index is 2.39. The normalized spacial score (nSPS) is 20.1. The van der Waals surface area contributed by atoms with E-state index in [1.54, 1.807) is 0 Å². The molecule has 0 saturated carbocycles. The highest BCUT2D eigenvalue weighted by atomic mass is 16.1. The fourth-order valence-electron chi connectivity index (χ4n) is 2.71. The van der Waals surface area contributed by atoms with E-state index >= 15 is 0 Å². The molecule has 1 aromatic carbocycles. The Morgan fingerprint density at radius 2 is 2.06 bits per heavy atom. The zero-order chi connectivity index (χ0) is 13.3. The summed E-state index contributed by atoms with van der Waals surface area (Å²) in [6.45, 7) is 8.83. The molecule has 1 aliphatic carbocycles. The summed E-state index contributed by atoms with van der Waals surface area (Å²) >= 11 is 0. The highest BCUT2D eigenvalue weighted by molar-refractivity contribution is 5.98. The zero-order valence-corrected chi connectivity index (χ0v) is 12.0. The molecule has 1 heteroatoms. The molecule has 1 nitrogen and oxygen atoms in total. The molecule has 0 amide bonds. The molecule has 0 bridgehead atoms. The van der Waals surface area contributed by atoms with Crippen LogP contribution in [-0.2, 0) is 6.42 Å². The zero-order valence-electron chi connectivity index (χ0n) is 12.0. The molecule has 0 aromatic heterocycles. The van der Waals surface area contributed by atoms with Crippen LogP contribution in [0.5, 0.6) is 0 Å². The van der Waals surface area contributed by atoms with Crippen LogP contribution < -0.4 is 0 Å². The van der Waals surface area contributed by atoms with Gasteiger partial charge in [-0.1, -0.05) is 39.8 Å². The van der Waals surface area contributed by atoms with Crippen molar-refractivity contribution in [2.24, 2.45) is 5.41 Å². The third-order valence-electron chi connectivity index (χ3n) is 4.33. The second-order valence-corrected chi connectivity index (χ2v) is 6.49. The van der Waals surface area contributed by atoms with E-state index < -0.39 is 0 Å². The minimum absolute atomic E-state index is 0.145. The molecule has 0 spiro atoms. The van der Waals surface area contributed by atoms with E-state index in [0.717, 1.165) is 24.8 Å². The van der Waals surface area contributed by atoms with E-state index in [0.29, 0.717) is 18.1 Å². The quantitative estimate of drug-likeness (QED) is 0.686. The van der Waals surface area contributed by atoms with Gasteiger partial charge in [-0.3, -0.25) is 4.79 Å². The maximum Gasteiger partial charge on any atom is 0.163 e. The van der Waals surface area contributed by atoms with E-state index in [1.807, 2.05) is 0 Å². The van der Waals surface area contributed by atoms with Crippen LogP contribution in [0.3, 0.4) is 0 Å². The summed E-state index contributed by atoms with van der Waals surface area (Å²) in [4.78, 5) is 12.4. The van der Waals surface area contributed by atoms with Gasteiger partial charge in [0.2, 0.25) is 0 Å². The highest BCUT2D eigenvalue weighted by Crippen LogP contribution is 2.34. The van der Waals surface area contributed by atoms with Gasteiger partial charge < -0.3 is 0 Å². The minimum atomic E-state index is 0.145. The van der Waals surface area contributed by atoms with Gasteiger partial charge in [0.25, 0.3) is 0 Å². The lowest BCUT2D eigenvalue weighted by molar-refractivity contribution is 0.0934. The highest BCUT2D eigenvalue weighted by Gasteiger charge is 2.28. The van der Waals surface area contributed by atoms with Crippen molar-refractivity contribution in [1.29, 1.82) is 0 Å². The van der Waals surface area contributed by atoms with Gasteiger partial charge in [0, 0.05) is 12.0 Å². The van der Waals surface area contributed by atoms with Crippen LogP contribution in [0.4, 0.5) is 0 Å². The van der Waals surface area contributed by atoms with E-state index in [9.17, 15) is 4.79 Å². The van der Waals surface area contributed by atoms with Gasteiger partial charge in [0.1, 0.15) is 0 Å². The summed E-state index contributed by atoms with van der Waals surface area (Å²) in [5.74, 6) is 0.872. The maximum atomic E-state index is 12.4. The van der Waals surface area contributed by atoms with Gasteiger partial charge >= 0.3 is 0 Å². The first-order valence-corrected chi connectivity index (χ1v) is 7.09. The number of aryl methyl sites for hydroxylation is 1. The molecule has 0 N–H and O–H groups in total. The number of fused-ring (bicyclic) bond motifs is 1. The molecule has 1 unspecified atom stereocenters. The van der Waals surface area contributed by atoms with Crippen molar-refractivity contribution in [2.75, 3.05) is 0 Å². The molecule has 0 fully saturated rings. The minimum Gasteiger partial charge on any atom is -0.294 e. The Morgan fingerprint density at radius 3 is 2.72 bits per heavy atom. The van der Waals surface area contributed by atoms with Crippen LogP contribution in [0, 0.1) is 5.41 Å². The second-order valence-electron chi connectivity index (χ2n) is 6.49. The van der Waals surface area contributed by atoms with Crippen molar-refractivity contribution in [3.63, 3.8) is 0 Å². The van der Waals surface area contributed by atoms with Crippen LogP contribution in [0.25, 0.3) is 0 Å². The molecule has 0 heterocycles. The smallest absolute Gasteiger partial charge is 0.163 e. The lowest BCUT2D eigenvalue weighted by Gasteiger charge is -2.20. The molecule has 0 radical (unpaired) electrons. The molecule has 0 aliphatic heterocycles. The first-order chi connectivity index (χ1) is 8.43. The van der Waals surface area contributed by atoms with Gasteiger partial charge in [0.05, 0.1) is 0 Å². The third-order valence-corrected chi connectivity index (χ3v) is 4.33. The average Bonchev–Trinajstić information content (AvgIpc) is 2.45. The van der Waals surface area contributed by atoms with Gasteiger partial charge in [0.15, 0.2) is 5.78 Å². The largest absolute Gasteiger partial charge is 0.294 e. The van der Waals surface area contributed by atoms with Gasteiger partial charge in [-0.15, -0.1) is 0 Å². The van der Waals surface area contributed by atoms with Crippen molar-refractivity contribution in [2.45, 2.75) is 59.3 Å². The summed E-state index contributed by atoms with van der Waals surface area (Å²) in [7, 11) is 0. The SMILES string of the molecule is CCC(C)c1ccc2c(c1)C(=O)CC(C)(C)CC2. The molecule has 1 aliphatic rings. The van der Waals surface area contributed by atoms with Gasteiger partial charge in [-0.2, -0.15) is 0 Å². The fraction of sp³-hybridized carbons (Fsp3) is 0.588. The Morgan fingerprint density at radius 1 is 1.33 bits per heavy atom. The fourth-order valence-corrected chi connectivity index (χ4v) is 2.71. The number of carbonyl (C=O) groups excluding carboxylic acids is 1. The van der Waals surface area contributed by atoms with E-state index in [2.05, 4.69) is 45.9 Å². The Bertz CT molecular complexity index is 457. The first-order valence-electron chi connectivity index (χ1n) is 7.09. The molecule has 1 atom stereocenters. The predicted molar refractivity (Wildman–Crippen MR) is 76.2 cm³/mol. The summed E-state index contributed by atoms with van der Waals surface area (Å²) in [6.07, 6.45) is 3.95. The van der Waals surface area contributed by atoms with Gasteiger partial charge in [-0.25, -0.2) is 0 Å². The maximum absolute atomic E-state index is 12.4. The van der Waals surface area contributed by atoms with Crippen molar-refractivity contribution >= 4 is 5.78 Å². The van der Waals surface area contributed by atoms with Crippen LogP contribution in [0.15, 0.2) is 18.2 Å². The number of ketones is 1. The summed E-state index contributed by atoms with van der Waals surface area (Å²) in [6, 6.07) is 6.53. The standard InChI is InChI=1S/C17H24O/c1-5-12(2)14-7-6-13-8-9-17(3,4)11-16(18)15(13)10-14/h6-7,10,12H,5,8-9,11H2,1-4H3. The number of rotatable bonds is 2. The molecule has 0 saturated heterocycles. The molecular formula is C17H24O. The molecular weight excluding hydrogens is 220 g/mol. The van der Waals surface area contributed by atoms with Crippen LogP contribution in [-0.4, -0.2) is 5.78 Å². The van der Waals surface area contributed by atoms with E-state index in [1.165, 1.54) is 11.1 Å². The molecule has 2 rings (SSSR count). The molecule has 98 valence electrons. The Labute approximate surface area is 111 Å². The van der Waals surface area contributed by atoms with Crippen LogP contribution in [0.2, 0.25) is 0 Å². The van der Waals surface area contributed by atoms with Crippen LogP contribution in [0.1, 0.15) is 74.4 Å². The number of Topliss-reactive ketones (excluding diaryl/α,β-unsaturated/α-hetero) is 1. The number of hydrogen-bond acceptors (Lipinski definition) is 1. The summed E-state index contributed by atoms with van der Waals surface area (Å²) < 4.78 is 0. The molecule has 1 aromatic rings. The van der Waals surface area contributed by atoms with Crippen molar-refractivity contribution in [3.05, 3.63) is 34.9 Å². The third kappa shape index (κ3) is 2.66.